The Kier molecular flexibility index (Phi) is 4.87. The monoisotopic (exact) mass is 345 g/mol. The van der Waals surface area contributed by atoms with Gasteiger partial charge in [0, 0.05) is 11.9 Å². The Balaban J connectivity index is 2.04. The molecule has 0 atom stereocenters. The molecule has 3 N–H and O–H groups in total. The van der Waals surface area contributed by atoms with Crippen LogP contribution >= 0.6 is 38.6 Å². The number of nitrogens with two attached hydrogens (primary N) is 1. The summed E-state index contributed by atoms with van der Waals surface area (Å²) < 4.78 is 1.06. The zero-order valence-corrected chi connectivity index (χ0v) is 12.7. The largest absolute Gasteiger partial charge is 0.351 e. The number of aromatic nitrogens is 1. The minimum Gasteiger partial charge on any atom is -0.351 e. The van der Waals surface area contributed by atoms with E-state index in [9.17, 15) is 4.79 Å². The van der Waals surface area contributed by atoms with E-state index in [1.165, 1.54) is 11.3 Å². The van der Waals surface area contributed by atoms with Crippen LogP contribution in [0.15, 0.2) is 21.3 Å². The highest BCUT2D eigenvalue weighted by atomic mass is 79.9. The number of halogens is 1. The van der Waals surface area contributed by atoms with E-state index in [-0.39, 0.29) is 5.91 Å². The Morgan fingerprint density at radius 3 is 3.00 bits per heavy atom. The van der Waals surface area contributed by atoms with Crippen LogP contribution in [-0.2, 0) is 0 Å². The van der Waals surface area contributed by atoms with Gasteiger partial charge in [-0.05, 0) is 41.0 Å². The Bertz CT molecular complexity index is 538. The second-order valence-corrected chi connectivity index (χ2v) is 6.86. The standard InChI is InChI=1S/C11H12BrN3OS2/c12-9-3-2-8(18-9)11-15-7(6-17-11)10(16)14-5-1-4-13/h2-3,6H,1,4-5,13H2,(H,14,16). The number of hydrogen-bond acceptors (Lipinski definition) is 5. The maximum Gasteiger partial charge on any atom is 0.270 e. The van der Waals surface area contributed by atoms with Gasteiger partial charge in [0.2, 0.25) is 0 Å². The number of rotatable bonds is 5. The first-order valence-electron chi connectivity index (χ1n) is 5.40. The van der Waals surface area contributed by atoms with Crippen LogP contribution in [0, 0.1) is 0 Å². The molecule has 2 heterocycles. The molecule has 0 aliphatic rings. The van der Waals surface area contributed by atoms with Gasteiger partial charge in [0.05, 0.1) is 8.66 Å². The lowest BCUT2D eigenvalue weighted by atomic mass is 10.4. The number of carbonyl (C=O) groups is 1. The van der Waals surface area contributed by atoms with Gasteiger partial charge in [-0.25, -0.2) is 4.98 Å². The van der Waals surface area contributed by atoms with Crippen LogP contribution < -0.4 is 11.1 Å². The molecule has 96 valence electrons. The smallest absolute Gasteiger partial charge is 0.270 e. The van der Waals surface area contributed by atoms with E-state index >= 15 is 0 Å². The van der Waals surface area contributed by atoms with E-state index in [4.69, 9.17) is 5.73 Å². The molecule has 0 aromatic carbocycles. The second-order valence-electron chi connectivity index (χ2n) is 3.54. The molecular weight excluding hydrogens is 334 g/mol. The zero-order valence-electron chi connectivity index (χ0n) is 9.48. The molecule has 0 radical (unpaired) electrons. The topological polar surface area (TPSA) is 68.0 Å². The zero-order chi connectivity index (χ0) is 13.0. The van der Waals surface area contributed by atoms with Crippen LogP contribution in [0.25, 0.3) is 9.88 Å². The molecule has 7 heteroatoms. The maximum atomic E-state index is 11.8. The number of thiophene rings is 1. The third kappa shape index (κ3) is 3.38. The van der Waals surface area contributed by atoms with Gasteiger partial charge in [0.15, 0.2) is 0 Å². The summed E-state index contributed by atoms with van der Waals surface area (Å²) in [6, 6.07) is 3.96. The first-order chi connectivity index (χ1) is 8.70. The van der Waals surface area contributed by atoms with Gasteiger partial charge in [-0.15, -0.1) is 22.7 Å². The van der Waals surface area contributed by atoms with Crippen molar-refractivity contribution in [3.63, 3.8) is 0 Å². The fraction of sp³-hybridized carbons (Fsp3) is 0.273. The normalized spacial score (nSPS) is 10.6. The van der Waals surface area contributed by atoms with E-state index in [1.807, 2.05) is 12.1 Å². The summed E-state index contributed by atoms with van der Waals surface area (Å²) in [5, 5.41) is 5.44. The summed E-state index contributed by atoms with van der Waals surface area (Å²) in [5.41, 5.74) is 5.84. The average molecular weight is 346 g/mol. The van der Waals surface area contributed by atoms with Gasteiger partial charge >= 0.3 is 0 Å². The summed E-state index contributed by atoms with van der Waals surface area (Å²) in [4.78, 5) is 17.2. The van der Waals surface area contributed by atoms with Crippen molar-refractivity contribution in [3.8, 4) is 9.88 Å². The first kappa shape index (κ1) is 13.7. The minimum absolute atomic E-state index is 0.137. The number of nitrogens with one attached hydrogen (secondary N) is 1. The first-order valence-corrected chi connectivity index (χ1v) is 7.89. The summed E-state index contributed by atoms with van der Waals surface area (Å²) >= 11 is 6.49. The summed E-state index contributed by atoms with van der Waals surface area (Å²) in [6.45, 7) is 1.17. The van der Waals surface area contributed by atoms with Gasteiger partial charge in [-0.2, -0.15) is 0 Å². The molecule has 0 aliphatic heterocycles. The van der Waals surface area contributed by atoms with Gasteiger partial charge in [-0.3, -0.25) is 4.79 Å². The van der Waals surface area contributed by atoms with Crippen molar-refractivity contribution in [2.75, 3.05) is 13.1 Å². The lowest BCUT2D eigenvalue weighted by molar-refractivity contribution is 0.0949. The third-order valence-corrected chi connectivity index (χ3v) is 4.82. The predicted octanol–water partition coefficient (Wildman–Crippen LogP) is 2.71. The van der Waals surface area contributed by atoms with Crippen LogP contribution in [0.3, 0.4) is 0 Å². The van der Waals surface area contributed by atoms with E-state index in [1.54, 1.807) is 16.7 Å². The molecule has 1 amide bonds. The number of nitrogens with zero attached hydrogens (tertiary/aromatic N) is 1. The lowest BCUT2D eigenvalue weighted by Crippen LogP contribution is -2.26. The fourth-order valence-corrected chi connectivity index (χ4v) is 3.57. The van der Waals surface area contributed by atoms with Crippen molar-refractivity contribution in [2.24, 2.45) is 5.73 Å². The number of hydrogen-bond donors (Lipinski definition) is 2. The molecule has 18 heavy (non-hydrogen) atoms. The SMILES string of the molecule is NCCCNC(=O)c1csc(-c2ccc(Br)s2)n1. The predicted molar refractivity (Wildman–Crippen MR) is 79.1 cm³/mol. The Morgan fingerprint density at radius 2 is 2.33 bits per heavy atom. The Hall–Kier alpha value is -0.760. The molecular formula is C11H12BrN3OS2. The molecule has 4 nitrogen and oxygen atoms in total. The van der Waals surface area contributed by atoms with Gasteiger partial charge in [-0.1, -0.05) is 0 Å². The van der Waals surface area contributed by atoms with Crippen LogP contribution in [0.4, 0.5) is 0 Å². The molecule has 2 aromatic heterocycles. The highest BCUT2D eigenvalue weighted by Crippen LogP contribution is 2.33. The van der Waals surface area contributed by atoms with E-state index in [0.29, 0.717) is 18.8 Å². The highest BCUT2D eigenvalue weighted by molar-refractivity contribution is 9.11. The van der Waals surface area contributed by atoms with Crippen LogP contribution in [0.1, 0.15) is 16.9 Å². The molecule has 0 saturated heterocycles. The second kappa shape index (κ2) is 6.42. The number of thiazole rings is 1. The van der Waals surface area contributed by atoms with Crippen LogP contribution in [0.5, 0.6) is 0 Å². The molecule has 0 saturated carbocycles. The van der Waals surface area contributed by atoms with Crippen molar-refractivity contribution < 1.29 is 4.79 Å². The highest BCUT2D eigenvalue weighted by Gasteiger charge is 2.12. The Morgan fingerprint density at radius 1 is 1.50 bits per heavy atom. The van der Waals surface area contributed by atoms with Gasteiger partial charge in [0.1, 0.15) is 10.7 Å². The average Bonchev–Trinajstić information content (AvgIpc) is 2.97. The van der Waals surface area contributed by atoms with Crippen molar-refractivity contribution in [2.45, 2.75) is 6.42 Å². The van der Waals surface area contributed by atoms with Crippen molar-refractivity contribution >= 4 is 44.5 Å². The minimum atomic E-state index is -0.137. The molecule has 0 fully saturated rings. The molecule has 0 aliphatic carbocycles. The lowest BCUT2D eigenvalue weighted by Gasteiger charge is -2.00. The molecule has 0 unspecified atom stereocenters. The summed E-state index contributed by atoms with van der Waals surface area (Å²) in [5.74, 6) is -0.137. The van der Waals surface area contributed by atoms with E-state index < -0.39 is 0 Å². The maximum absolute atomic E-state index is 11.8. The van der Waals surface area contributed by atoms with Crippen molar-refractivity contribution in [1.82, 2.24) is 10.3 Å². The van der Waals surface area contributed by atoms with Gasteiger partial charge < -0.3 is 11.1 Å². The van der Waals surface area contributed by atoms with Crippen molar-refractivity contribution in [3.05, 3.63) is 27.0 Å². The van der Waals surface area contributed by atoms with Crippen molar-refractivity contribution in [1.29, 1.82) is 0 Å². The number of carbonyl (C=O) groups excluding carboxylic acids is 1. The van der Waals surface area contributed by atoms with Crippen LogP contribution in [0.2, 0.25) is 0 Å². The number of amides is 1. The summed E-state index contributed by atoms with van der Waals surface area (Å²) in [6.07, 6.45) is 0.778. The molecule has 0 spiro atoms. The molecule has 2 aromatic rings. The summed E-state index contributed by atoms with van der Waals surface area (Å²) in [7, 11) is 0. The quantitative estimate of drug-likeness (QED) is 0.818. The van der Waals surface area contributed by atoms with Crippen LogP contribution in [-0.4, -0.2) is 24.0 Å². The Labute approximate surface area is 121 Å². The van der Waals surface area contributed by atoms with Gasteiger partial charge in [0.25, 0.3) is 5.91 Å². The van der Waals surface area contributed by atoms with E-state index in [0.717, 1.165) is 20.1 Å². The fourth-order valence-electron chi connectivity index (χ4n) is 1.31. The molecule has 0 bridgehead atoms. The van der Waals surface area contributed by atoms with E-state index in [2.05, 4.69) is 26.2 Å². The third-order valence-electron chi connectivity index (χ3n) is 2.19. The molecule has 2 rings (SSSR count).